The van der Waals surface area contributed by atoms with E-state index in [0.29, 0.717) is 18.8 Å². The van der Waals surface area contributed by atoms with Crippen LogP contribution in [0.5, 0.6) is 5.75 Å². The van der Waals surface area contributed by atoms with Gasteiger partial charge in [-0.3, -0.25) is 4.79 Å². The maximum atomic E-state index is 12.1. The normalized spacial score (nSPS) is 20.5. The fourth-order valence-corrected chi connectivity index (χ4v) is 4.97. The highest BCUT2D eigenvalue weighted by Gasteiger charge is 2.29. The summed E-state index contributed by atoms with van der Waals surface area (Å²) in [6.07, 6.45) is 0.515. The number of ether oxygens (including phenoxy) is 1. The number of hydrogen-bond donors (Lipinski definition) is 1. The van der Waals surface area contributed by atoms with Crippen LogP contribution in [0.2, 0.25) is 0 Å². The first-order chi connectivity index (χ1) is 11.3. The van der Waals surface area contributed by atoms with E-state index in [1.165, 1.54) is 11.8 Å². The number of aryl methyl sites for hydroxylation is 2. The minimum Gasteiger partial charge on any atom is -0.492 e. The summed E-state index contributed by atoms with van der Waals surface area (Å²) in [7, 11) is -2.97. The SMILES string of the molecule is Cc1ccc(C)c(OCCS[C@H](C)C(=O)N[C@H]2CCS(=O)(=O)C2)c1. The van der Waals surface area contributed by atoms with Gasteiger partial charge in [-0.1, -0.05) is 12.1 Å². The second-order valence-corrected chi connectivity index (χ2v) is 9.92. The van der Waals surface area contributed by atoms with Crippen LogP contribution in [0.15, 0.2) is 18.2 Å². The molecule has 7 heteroatoms. The first kappa shape index (κ1) is 19.1. The van der Waals surface area contributed by atoms with E-state index < -0.39 is 9.84 Å². The maximum Gasteiger partial charge on any atom is 0.233 e. The molecule has 1 aliphatic heterocycles. The zero-order valence-electron chi connectivity index (χ0n) is 14.4. The molecule has 2 rings (SSSR count). The summed E-state index contributed by atoms with van der Waals surface area (Å²) in [5.41, 5.74) is 2.25. The monoisotopic (exact) mass is 371 g/mol. The van der Waals surface area contributed by atoms with Gasteiger partial charge in [-0.25, -0.2) is 8.42 Å². The Labute approximate surface area is 148 Å². The van der Waals surface area contributed by atoms with Gasteiger partial charge in [-0.15, -0.1) is 11.8 Å². The molecule has 1 heterocycles. The zero-order valence-corrected chi connectivity index (χ0v) is 16.0. The first-order valence-corrected chi connectivity index (χ1v) is 11.0. The molecule has 1 saturated heterocycles. The van der Waals surface area contributed by atoms with Crippen molar-refractivity contribution in [1.29, 1.82) is 0 Å². The second kappa shape index (κ2) is 8.25. The molecule has 24 heavy (non-hydrogen) atoms. The Morgan fingerprint density at radius 1 is 1.42 bits per heavy atom. The van der Waals surface area contributed by atoms with Crippen molar-refractivity contribution >= 4 is 27.5 Å². The Morgan fingerprint density at radius 3 is 2.83 bits per heavy atom. The summed E-state index contributed by atoms with van der Waals surface area (Å²) in [6.45, 7) is 6.40. The predicted octanol–water partition coefficient (Wildman–Crippen LogP) is 2.11. The molecule has 2 atom stereocenters. The van der Waals surface area contributed by atoms with Crippen LogP contribution in [0.4, 0.5) is 0 Å². The fourth-order valence-electron chi connectivity index (χ4n) is 2.54. The van der Waals surface area contributed by atoms with Crippen LogP contribution < -0.4 is 10.1 Å². The summed E-state index contributed by atoms with van der Waals surface area (Å²) < 4.78 is 28.6. The van der Waals surface area contributed by atoms with Gasteiger partial charge in [-0.2, -0.15) is 0 Å². The Kier molecular flexibility index (Phi) is 6.57. The van der Waals surface area contributed by atoms with Crippen molar-refractivity contribution in [2.24, 2.45) is 0 Å². The van der Waals surface area contributed by atoms with Crippen LogP contribution in [0.3, 0.4) is 0 Å². The number of carbonyl (C=O) groups is 1. The molecule has 0 spiro atoms. The minimum atomic E-state index is -2.97. The van der Waals surface area contributed by atoms with Crippen molar-refractivity contribution in [3.63, 3.8) is 0 Å². The standard InChI is InChI=1S/C17H25NO4S2/c1-12-4-5-13(2)16(10-12)22-7-8-23-14(3)17(19)18-15-6-9-24(20,21)11-15/h4-5,10,14-15H,6-9,11H2,1-3H3,(H,18,19)/t14-,15+/m1/s1. The average molecular weight is 372 g/mol. The van der Waals surface area contributed by atoms with E-state index in [4.69, 9.17) is 4.74 Å². The van der Waals surface area contributed by atoms with Crippen LogP contribution in [-0.2, 0) is 14.6 Å². The molecule has 0 unspecified atom stereocenters. The van der Waals surface area contributed by atoms with Gasteiger partial charge < -0.3 is 10.1 Å². The number of benzene rings is 1. The van der Waals surface area contributed by atoms with Crippen LogP contribution in [0.1, 0.15) is 24.5 Å². The van der Waals surface area contributed by atoms with Gasteiger partial charge in [0.1, 0.15) is 5.75 Å². The molecule has 134 valence electrons. The highest BCUT2D eigenvalue weighted by molar-refractivity contribution is 8.00. The van der Waals surface area contributed by atoms with Crippen molar-refractivity contribution in [2.75, 3.05) is 23.9 Å². The topological polar surface area (TPSA) is 72.5 Å². The smallest absolute Gasteiger partial charge is 0.233 e. The van der Waals surface area contributed by atoms with Crippen molar-refractivity contribution in [2.45, 2.75) is 38.5 Å². The van der Waals surface area contributed by atoms with Gasteiger partial charge in [0.2, 0.25) is 5.91 Å². The number of rotatable bonds is 7. The molecule has 1 fully saturated rings. The molecule has 1 aromatic rings. The molecule has 0 aromatic heterocycles. The lowest BCUT2D eigenvalue weighted by atomic mass is 10.1. The molecule has 1 N–H and O–H groups in total. The van der Waals surface area contributed by atoms with E-state index in [1.807, 2.05) is 39.0 Å². The van der Waals surface area contributed by atoms with Crippen molar-refractivity contribution < 1.29 is 17.9 Å². The highest BCUT2D eigenvalue weighted by atomic mass is 32.2. The van der Waals surface area contributed by atoms with E-state index in [2.05, 4.69) is 5.32 Å². The van der Waals surface area contributed by atoms with Crippen molar-refractivity contribution in [3.05, 3.63) is 29.3 Å². The molecule has 0 bridgehead atoms. The summed E-state index contributed by atoms with van der Waals surface area (Å²) >= 11 is 1.51. The summed E-state index contributed by atoms with van der Waals surface area (Å²) in [5.74, 6) is 1.71. The number of amides is 1. The molecular formula is C17H25NO4S2. The van der Waals surface area contributed by atoms with Crippen LogP contribution in [-0.4, -0.2) is 49.5 Å². The zero-order chi connectivity index (χ0) is 17.7. The van der Waals surface area contributed by atoms with Gasteiger partial charge in [0.15, 0.2) is 9.84 Å². The predicted molar refractivity (Wildman–Crippen MR) is 98.5 cm³/mol. The first-order valence-electron chi connectivity index (χ1n) is 8.09. The molecule has 0 aliphatic carbocycles. The Hall–Kier alpha value is -1.21. The van der Waals surface area contributed by atoms with Crippen molar-refractivity contribution in [3.8, 4) is 5.75 Å². The minimum absolute atomic E-state index is 0.0614. The number of hydrogen-bond acceptors (Lipinski definition) is 5. The Bertz CT molecular complexity index is 688. The lowest BCUT2D eigenvalue weighted by Crippen LogP contribution is -2.40. The van der Waals surface area contributed by atoms with Crippen LogP contribution >= 0.6 is 11.8 Å². The molecule has 1 aliphatic rings. The molecule has 0 saturated carbocycles. The third-order valence-electron chi connectivity index (χ3n) is 4.00. The summed E-state index contributed by atoms with van der Waals surface area (Å²) in [5, 5.41) is 2.60. The van der Waals surface area contributed by atoms with E-state index in [9.17, 15) is 13.2 Å². The molecular weight excluding hydrogens is 346 g/mol. The van der Waals surface area contributed by atoms with E-state index in [1.54, 1.807) is 0 Å². The number of carbonyl (C=O) groups excluding carboxylic acids is 1. The van der Waals surface area contributed by atoms with Gasteiger partial charge in [0.25, 0.3) is 0 Å². The lowest BCUT2D eigenvalue weighted by molar-refractivity contribution is -0.120. The second-order valence-electron chi connectivity index (χ2n) is 6.24. The van der Waals surface area contributed by atoms with Gasteiger partial charge >= 0.3 is 0 Å². The lowest BCUT2D eigenvalue weighted by Gasteiger charge is -2.16. The number of thioether (sulfide) groups is 1. The highest BCUT2D eigenvalue weighted by Crippen LogP contribution is 2.20. The van der Waals surface area contributed by atoms with Gasteiger partial charge in [-0.05, 0) is 44.4 Å². The molecule has 1 amide bonds. The Balaban J connectivity index is 1.70. The van der Waals surface area contributed by atoms with E-state index in [-0.39, 0.29) is 28.7 Å². The molecule has 5 nitrogen and oxygen atoms in total. The maximum absolute atomic E-state index is 12.1. The van der Waals surface area contributed by atoms with Gasteiger partial charge in [0, 0.05) is 11.8 Å². The summed E-state index contributed by atoms with van der Waals surface area (Å²) in [6, 6.07) is 5.85. The van der Waals surface area contributed by atoms with Gasteiger partial charge in [0.05, 0.1) is 23.4 Å². The Morgan fingerprint density at radius 2 is 2.17 bits per heavy atom. The van der Waals surface area contributed by atoms with Crippen LogP contribution in [0, 0.1) is 13.8 Å². The van der Waals surface area contributed by atoms with E-state index in [0.717, 1.165) is 16.9 Å². The number of sulfone groups is 1. The third-order valence-corrected chi connectivity index (χ3v) is 6.88. The van der Waals surface area contributed by atoms with Crippen LogP contribution in [0.25, 0.3) is 0 Å². The number of nitrogens with one attached hydrogen (secondary N) is 1. The summed E-state index contributed by atoms with van der Waals surface area (Å²) in [4.78, 5) is 12.1. The average Bonchev–Trinajstić information content (AvgIpc) is 2.85. The third kappa shape index (κ3) is 5.70. The largest absolute Gasteiger partial charge is 0.492 e. The molecule has 1 aromatic carbocycles. The molecule has 0 radical (unpaired) electrons. The fraction of sp³-hybridized carbons (Fsp3) is 0.588. The van der Waals surface area contributed by atoms with Crippen molar-refractivity contribution in [1.82, 2.24) is 5.32 Å². The quantitative estimate of drug-likeness (QED) is 0.743. The van der Waals surface area contributed by atoms with E-state index >= 15 is 0 Å².